The van der Waals surface area contributed by atoms with Crippen LogP contribution in [-0.4, -0.2) is 48.2 Å². The Bertz CT molecular complexity index is 250. The molecule has 0 atom stereocenters. The molecule has 3 nitrogen and oxygen atoms in total. The topological polar surface area (TPSA) is 41.6 Å². The van der Waals surface area contributed by atoms with Gasteiger partial charge in [-0.2, -0.15) is 24.9 Å². The number of nitrogens with zero attached hydrogens (tertiary/aromatic N) is 2. The third kappa shape index (κ3) is 6.65. The molecular weight excluding hydrogens is 251 g/mol. The molecule has 0 bridgehead atoms. The van der Waals surface area contributed by atoms with Gasteiger partial charge in [-0.15, -0.1) is 0 Å². The zero-order chi connectivity index (χ0) is 12.7. The number of halogens is 3. The fourth-order valence-corrected chi connectivity index (χ4v) is 2.43. The summed E-state index contributed by atoms with van der Waals surface area (Å²) in [6.07, 6.45) is -4.24. The number of aliphatic imine (C=N–C) groups is 1. The van der Waals surface area contributed by atoms with Crippen molar-refractivity contribution >= 4 is 17.7 Å². The summed E-state index contributed by atoms with van der Waals surface area (Å²) < 4.78 is 35.6. The summed E-state index contributed by atoms with van der Waals surface area (Å²) in [6.45, 7) is 2.14. The molecule has 0 aromatic carbocycles. The normalized spacial score (nSPS) is 18.5. The molecule has 0 aromatic heterocycles. The highest BCUT2D eigenvalue weighted by Gasteiger charge is 2.25. The second-order valence-electron chi connectivity index (χ2n) is 3.91. The third-order valence-electron chi connectivity index (χ3n) is 2.48. The molecule has 2 N–H and O–H groups in total. The Morgan fingerprint density at radius 1 is 1.24 bits per heavy atom. The van der Waals surface area contributed by atoms with E-state index in [0.29, 0.717) is 18.9 Å². The molecule has 0 saturated carbocycles. The van der Waals surface area contributed by atoms with E-state index in [1.165, 1.54) is 0 Å². The molecule has 100 valence electrons. The van der Waals surface area contributed by atoms with Crippen molar-refractivity contribution < 1.29 is 13.2 Å². The van der Waals surface area contributed by atoms with Crippen LogP contribution in [0.2, 0.25) is 0 Å². The molecule has 7 heteroatoms. The minimum absolute atomic E-state index is 0.121. The molecule has 1 fully saturated rings. The highest BCUT2D eigenvalue weighted by atomic mass is 32.2. The van der Waals surface area contributed by atoms with Gasteiger partial charge in [0.2, 0.25) is 0 Å². The average molecular weight is 269 g/mol. The van der Waals surface area contributed by atoms with Crippen molar-refractivity contribution in [3.8, 4) is 0 Å². The van der Waals surface area contributed by atoms with Gasteiger partial charge in [0.25, 0.3) is 0 Å². The van der Waals surface area contributed by atoms with Crippen LogP contribution in [-0.2, 0) is 0 Å². The van der Waals surface area contributed by atoms with Crippen molar-refractivity contribution in [3.63, 3.8) is 0 Å². The van der Waals surface area contributed by atoms with Gasteiger partial charge in [-0.3, -0.25) is 4.99 Å². The van der Waals surface area contributed by atoms with Gasteiger partial charge in [-0.05, 0) is 12.8 Å². The lowest BCUT2D eigenvalue weighted by molar-refractivity contribution is -0.135. The molecule has 1 aliphatic rings. The first-order valence-electron chi connectivity index (χ1n) is 5.68. The van der Waals surface area contributed by atoms with Crippen molar-refractivity contribution in [1.82, 2.24) is 4.90 Å². The first-order chi connectivity index (χ1) is 7.99. The molecule has 0 spiro atoms. The number of guanidine groups is 1. The average Bonchev–Trinajstić information content (AvgIpc) is 2.28. The molecule has 0 unspecified atom stereocenters. The van der Waals surface area contributed by atoms with Gasteiger partial charge in [0.15, 0.2) is 5.96 Å². The molecule has 1 saturated heterocycles. The van der Waals surface area contributed by atoms with Gasteiger partial charge >= 0.3 is 6.18 Å². The second-order valence-corrected chi connectivity index (χ2v) is 5.14. The molecule has 1 heterocycles. The monoisotopic (exact) mass is 269 g/mol. The Balaban J connectivity index is 2.14. The largest absolute Gasteiger partial charge is 0.389 e. The second kappa shape index (κ2) is 6.98. The number of nitrogens with two attached hydrogens (primary N) is 1. The summed E-state index contributed by atoms with van der Waals surface area (Å²) in [4.78, 5) is 6.10. The molecule has 17 heavy (non-hydrogen) atoms. The first kappa shape index (κ1) is 14.5. The van der Waals surface area contributed by atoms with Crippen LogP contribution in [0.4, 0.5) is 13.2 Å². The summed E-state index contributed by atoms with van der Waals surface area (Å²) in [5.74, 6) is 2.53. The zero-order valence-electron chi connectivity index (χ0n) is 9.67. The van der Waals surface area contributed by atoms with E-state index in [9.17, 15) is 13.2 Å². The van der Waals surface area contributed by atoms with Crippen LogP contribution in [0.3, 0.4) is 0 Å². The maximum Gasteiger partial charge on any atom is 0.389 e. The fraction of sp³-hybridized carbons (Fsp3) is 0.900. The zero-order valence-corrected chi connectivity index (χ0v) is 10.5. The van der Waals surface area contributed by atoms with E-state index in [1.807, 2.05) is 16.7 Å². The summed E-state index contributed by atoms with van der Waals surface area (Å²) >= 11 is 1.87. The van der Waals surface area contributed by atoms with E-state index >= 15 is 0 Å². The fourth-order valence-electron chi connectivity index (χ4n) is 1.52. The van der Waals surface area contributed by atoms with Gasteiger partial charge in [-0.25, -0.2) is 0 Å². The number of alkyl halides is 3. The van der Waals surface area contributed by atoms with Crippen molar-refractivity contribution in [2.24, 2.45) is 10.7 Å². The lowest BCUT2D eigenvalue weighted by Gasteiger charge is -2.27. The number of hydrogen-bond acceptors (Lipinski definition) is 2. The van der Waals surface area contributed by atoms with Crippen LogP contribution in [0, 0.1) is 0 Å². The standard InChI is InChI=1S/C10H18F3N3S/c11-10(12,13)3-1-2-4-15-9(14)16-5-7-17-8-6-16/h1-8H2,(H2,14,15). The SMILES string of the molecule is NC(=NCCCCC(F)(F)F)N1CCSCC1. The van der Waals surface area contributed by atoms with Crippen LogP contribution in [0.15, 0.2) is 4.99 Å². The van der Waals surface area contributed by atoms with Crippen molar-refractivity contribution in [2.75, 3.05) is 31.1 Å². The first-order valence-corrected chi connectivity index (χ1v) is 6.84. The predicted octanol–water partition coefficient (Wildman–Crippen LogP) is 2.08. The molecule has 1 aliphatic heterocycles. The van der Waals surface area contributed by atoms with Crippen LogP contribution < -0.4 is 5.73 Å². The number of unbranched alkanes of at least 4 members (excludes halogenated alkanes) is 1. The van der Waals surface area contributed by atoms with Gasteiger partial charge in [0, 0.05) is 37.6 Å². The van der Waals surface area contributed by atoms with E-state index in [1.54, 1.807) is 0 Å². The predicted molar refractivity (Wildman–Crippen MR) is 65.3 cm³/mol. The van der Waals surface area contributed by atoms with Crippen molar-refractivity contribution in [3.05, 3.63) is 0 Å². The maximum atomic E-state index is 11.9. The van der Waals surface area contributed by atoms with Crippen LogP contribution >= 0.6 is 11.8 Å². The molecular formula is C10H18F3N3S. The minimum atomic E-state index is -4.06. The maximum absolute atomic E-state index is 11.9. The van der Waals surface area contributed by atoms with Crippen LogP contribution in [0.5, 0.6) is 0 Å². The van der Waals surface area contributed by atoms with Gasteiger partial charge in [0.05, 0.1) is 0 Å². The van der Waals surface area contributed by atoms with Crippen molar-refractivity contribution in [1.29, 1.82) is 0 Å². The summed E-state index contributed by atoms with van der Waals surface area (Å²) in [7, 11) is 0. The highest BCUT2D eigenvalue weighted by Crippen LogP contribution is 2.22. The van der Waals surface area contributed by atoms with Gasteiger partial charge in [0.1, 0.15) is 0 Å². The van der Waals surface area contributed by atoms with Crippen LogP contribution in [0.25, 0.3) is 0 Å². The molecule has 0 aromatic rings. The lowest BCUT2D eigenvalue weighted by Crippen LogP contribution is -2.42. The molecule has 0 amide bonds. The summed E-state index contributed by atoms with van der Waals surface area (Å²) in [5.41, 5.74) is 5.76. The Morgan fingerprint density at radius 2 is 1.88 bits per heavy atom. The van der Waals surface area contributed by atoms with Crippen molar-refractivity contribution in [2.45, 2.75) is 25.4 Å². The Morgan fingerprint density at radius 3 is 2.47 bits per heavy atom. The third-order valence-corrected chi connectivity index (χ3v) is 3.42. The van der Waals surface area contributed by atoms with E-state index in [-0.39, 0.29) is 6.42 Å². The highest BCUT2D eigenvalue weighted by molar-refractivity contribution is 7.99. The van der Waals surface area contributed by atoms with Crippen LogP contribution in [0.1, 0.15) is 19.3 Å². The van der Waals surface area contributed by atoms with E-state index in [4.69, 9.17) is 5.73 Å². The summed E-state index contributed by atoms with van der Waals surface area (Å²) in [6, 6.07) is 0. The van der Waals surface area contributed by atoms with E-state index in [0.717, 1.165) is 24.6 Å². The smallest absolute Gasteiger partial charge is 0.370 e. The Labute approximate surface area is 104 Å². The minimum Gasteiger partial charge on any atom is -0.370 e. The summed E-state index contributed by atoms with van der Waals surface area (Å²) in [5, 5.41) is 0. The molecule has 1 rings (SSSR count). The quantitative estimate of drug-likeness (QED) is 0.482. The number of thioether (sulfide) groups is 1. The Kier molecular flexibility index (Phi) is 5.94. The molecule has 0 aliphatic carbocycles. The van der Waals surface area contributed by atoms with E-state index in [2.05, 4.69) is 4.99 Å². The number of rotatable bonds is 4. The molecule has 0 radical (unpaired) electrons. The van der Waals surface area contributed by atoms with E-state index < -0.39 is 12.6 Å². The Hall–Kier alpha value is -0.590. The van der Waals surface area contributed by atoms with Gasteiger partial charge in [-0.1, -0.05) is 0 Å². The number of hydrogen-bond donors (Lipinski definition) is 1. The lowest BCUT2D eigenvalue weighted by atomic mass is 10.2. The van der Waals surface area contributed by atoms with Gasteiger partial charge < -0.3 is 10.6 Å².